The molecule has 132 valence electrons. The normalized spacial score (nSPS) is 17.3. The van der Waals surface area contributed by atoms with E-state index < -0.39 is 0 Å². The lowest BCUT2D eigenvalue weighted by atomic mass is 9.72. The maximum Gasteiger partial charge on any atom is 0.223 e. The third kappa shape index (κ3) is 3.55. The topological polar surface area (TPSA) is 40.5 Å². The molecule has 0 bridgehead atoms. The molecule has 1 aliphatic heterocycles. The van der Waals surface area contributed by atoms with Crippen LogP contribution in [0.15, 0.2) is 42.5 Å². The van der Waals surface area contributed by atoms with Gasteiger partial charge in [-0.15, -0.1) is 0 Å². The van der Waals surface area contributed by atoms with Gasteiger partial charge in [-0.1, -0.05) is 57.2 Å². The predicted octanol–water partition coefficient (Wildman–Crippen LogP) is 4.87. The van der Waals surface area contributed by atoms with E-state index in [1.54, 1.807) is 11.8 Å². The number of carbonyl (C=O) groups is 1. The Morgan fingerprint density at radius 2 is 1.84 bits per heavy atom. The Kier molecular flexibility index (Phi) is 4.59. The number of hydrogen-bond acceptors (Lipinski definition) is 2. The van der Waals surface area contributed by atoms with Crippen LogP contribution < -0.4 is 4.90 Å². The first-order valence-electron chi connectivity index (χ1n) is 8.95. The smallest absolute Gasteiger partial charge is 0.223 e. The highest BCUT2D eigenvalue weighted by Crippen LogP contribution is 2.49. The lowest BCUT2D eigenvalue weighted by Crippen LogP contribution is -2.38. The Balaban J connectivity index is 2.09. The van der Waals surface area contributed by atoms with Crippen molar-refractivity contribution in [3.63, 3.8) is 0 Å². The molecule has 3 nitrogen and oxygen atoms in total. The molecule has 0 saturated heterocycles. The van der Waals surface area contributed by atoms with Crippen molar-refractivity contribution in [2.75, 3.05) is 11.4 Å². The molecule has 1 N–H and O–H groups in total. The van der Waals surface area contributed by atoms with E-state index in [4.69, 9.17) is 0 Å². The second-order valence-corrected chi connectivity index (χ2v) is 8.09. The van der Waals surface area contributed by atoms with Gasteiger partial charge >= 0.3 is 0 Å². The average Bonchev–Trinajstić information content (AvgIpc) is 2.53. The zero-order valence-electron chi connectivity index (χ0n) is 15.5. The van der Waals surface area contributed by atoms with Gasteiger partial charge in [0.05, 0.1) is 5.69 Å². The van der Waals surface area contributed by atoms with E-state index >= 15 is 0 Å². The highest BCUT2D eigenvalue weighted by Gasteiger charge is 2.36. The summed E-state index contributed by atoms with van der Waals surface area (Å²) in [5.41, 5.74) is 4.18. The maximum atomic E-state index is 12.1. The second-order valence-electron chi connectivity index (χ2n) is 8.09. The summed E-state index contributed by atoms with van der Waals surface area (Å²) in [5, 5.41) is 10.7. The molecular formula is C22H27NO2. The minimum atomic E-state index is -0.0141. The van der Waals surface area contributed by atoms with E-state index in [-0.39, 0.29) is 17.1 Å². The Labute approximate surface area is 150 Å². The van der Waals surface area contributed by atoms with Gasteiger partial charge in [0.1, 0.15) is 5.75 Å². The summed E-state index contributed by atoms with van der Waals surface area (Å²) >= 11 is 0. The van der Waals surface area contributed by atoms with Gasteiger partial charge in [-0.2, -0.15) is 0 Å². The molecule has 0 aliphatic carbocycles. The number of anilines is 1. The lowest BCUT2D eigenvalue weighted by Gasteiger charge is -2.40. The molecule has 3 heteroatoms. The Hall–Kier alpha value is -2.29. The van der Waals surface area contributed by atoms with Crippen LogP contribution in [0.2, 0.25) is 0 Å². The van der Waals surface area contributed by atoms with Crippen molar-refractivity contribution in [3.05, 3.63) is 59.2 Å². The second kappa shape index (κ2) is 6.55. The summed E-state index contributed by atoms with van der Waals surface area (Å²) in [6.07, 6.45) is 1.70. The van der Waals surface area contributed by atoms with Crippen LogP contribution in [0.5, 0.6) is 5.75 Å². The molecule has 0 fully saturated rings. The highest BCUT2D eigenvalue weighted by molar-refractivity contribution is 5.95. The summed E-state index contributed by atoms with van der Waals surface area (Å²) in [6, 6.07) is 14.3. The fourth-order valence-electron chi connectivity index (χ4n) is 3.93. The van der Waals surface area contributed by atoms with Gasteiger partial charge in [-0.25, -0.2) is 0 Å². The molecule has 1 unspecified atom stereocenters. The molecule has 0 radical (unpaired) electrons. The molecule has 1 heterocycles. The van der Waals surface area contributed by atoms with Crippen LogP contribution >= 0.6 is 0 Å². The van der Waals surface area contributed by atoms with Gasteiger partial charge < -0.3 is 10.0 Å². The van der Waals surface area contributed by atoms with E-state index in [1.165, 1.54) is 5.56 Å². The average molecular weight is 337 g/mol. The molecule has 1 aliphatic rings. The number of rotatable bonds is 2. The van der Waals surface area contributed by atoms with E-state index in [9.17, 15) is 9.90 Å². The number of phenols is 1. The Morgan fingerprint density at radius 1 is 1.16 bits per heavy atom. The number of aromatic hydroxyl groups is 1. The number of phenolic OH excluding ortho intramolecular Hbond substituents is 1. The van der Waals surface area contributed by atoms with Gasteiger partial charge in [0, 0.05) is 13.5 Å². The lowest BCUT2D eigenvalue weighted by molar-refractivity contribution is -0.116. The molecule has 2 aromatic carbocycles. The Morgan fingerprint density at radius 3 is 2.44 bits per heavy atom. The fraction of sp³-hybridized carbons (Fsp3) is 0.409. The number of nitrogens with zero attached hydrogens (tertiary/aromatic N) is 1. The zero-order valence-corrected chi connectivity index (χ0v) is 15.5. The molecule has 2 aromatic rings. The predicted molar refractivity (Wildman–Crippen MR) is 102 cm³/mol. The molecule has 25 heavy (non-hydrogen) atoms. The minimum Gasteiger partial charge on any atom is -0.506 e. The summed E-state index contributed by atoms with van der Waals surface area (Å²) in [5.74, 6) is 0.520. The molecule has 0 aromatic heterocycles. The molecule has 3 rings (SSSR count). The standard InChI is InChI=1S/C22H27NO2/c1-15(24)23-11-10-19(22(2,3)4)18-13-17(14-20(25)21(18)23)12-16-8-6-5-7-9-16/h5-9,13-14,19,25H,10-12H2,1-4H3. The van der Waals surface area contributed by atoms with Gasteiger partial charge in [-0.05, 0) is 46.9 Å². The van der Waals surface area contributed by atoms with E-state index in [1.807, 2.05) is 24.3 Å². The van der Waals surface area contributed by atoms with Crippen molar-refractivity contribution in [2.24, 2.45) is 5.41 Å². The van der Waals surface area contributed by atoms with Crippen molar-refractivity contribution in [1.82, 2.24) is 0 Å². The van der Waals surface area contributed by atoms with Crippen molar-refractivity contribution >= 4 is 11.6 Å². The zero-order chi connectivity index (χ0) is 18.2. The molecule has 1 amide bonds. The number of benzene rings is 2. The summed E-state index contributed by atoms with van der Waals surface area (Å²) in [7, 11) is 0. The number of hydrogen-bond donors (Lipinski definition) is 1. The van der Waals surface area contributed by atoms with E-state index in [2.05, 4.69) is 39.0 Å². The van der Waals surface area contributed by atoms with Gasteiger partial charge in [0.15, 0.2) is 0 Å². The first-order chi connectivity index (χ1) is 11.8. The molecule has 1 atom stereocenters. The van der Waals surface area contributed by atoms with Crippen molar-refractivity contribution < 1.29 is 9.90 Å². The third-order valence-corrected chi connectivity index (χ3v) is 5.14. The first-order valence-corrected chi connectivity index (χ1v) is 8.95. The maximum absolute atomic E-state index is 12.1. The number of carbonyl (C=O) groups excluding carboxylic acids is 1. The SMILES string of the molecule is CC(=O)N1CCC(C(C)(C)C)c2cc(Cc3ccccc3)cc(O)c21. The summed E-state index contributed by atoms with van der Waals surface area (Å²) in [6.45, 7) is 8.91. The molecular weight excluding hydrogens is 310 g/mol. The van der Waals surface area contributed by atoms with Crippen LogP contribution in [0.3, 0.4) is 0 Å². The summed E-state index contributed by atoms with van der Waals surface area (Å²) < 4.78 is 0. The summed E-state index contributed by atoms with van der Waals surface area (Å²) in [4.78, 5) is 13.8. The number of fused-ring (bicyclic) bond motifs is 1. The largest absolute Gasteiger partial charge is 0.506 e. The third-order valence-electron chi connectivity index (χ3n) is 5.14. The van der Waals surface area contributed by atoms with E-state index in [0.717, 1.165) is 24.0 Å². The van der Waals surface area contributed by atoms with Crippen LogP contribution in [0.4, 0.5) is 5.69 Å². The quantitative estimate of drug-likeness (QED) is 0.849. The van der Waals surface area contributed by atoms with Crippen molar-refractivity contribution in [1.29, 1.82) is 0 Å². The van der Waals surface area contributed by atoms with Crippen molar-refractivity contribution in [3.8, 4) is 5.75 Å². The van der Waals surface area contributed by atoms with Crippen LogP contribution in [0, 0.1) is 5.41 Å². The minimum absolute atomic E-state index is 0.0141. The van der Waals surface area contributed by atoms with Gasteiger partial charge in [-0.3, -0.25) is 4.79 Å². The Bertz CT molecular complexity index is 775. The molecule has 0 saturated carbocycles. The number of amides is 1. The van der Waals surface area contributed by atoms with E-state index in [0.29, 0.717) is 18.2 Å². The van der Waals surface area contributed by atoms with Gasteiger partial charge in [0.25, 0.3) is 0 Å². The monoisotopic (exact) mass is 337 g/mol. The first kappa shape index (κ1) is 17.5. The molecule has 0 spiro atoms. The fourth-order valence-corrected chi connectivity index (χ4v) is 3.93. The van der Waals surface area contributed by atoms with Gasteiger partial charge in [0.2, 0.25) is 5.91 Å². The van der Waals surface area contributed by atoms with Crippen LogP contribution in [-0.2, 0) is 11.2 Å². The van der Waals surface area contributed by atoms with Crippen LogP contribution in [0.25, 0.3) is 0 Å². The van der Waals surface area contributed by atoms with Crippen LogP contribution in [-0.4, -0.2) is 17.6 Å². The highest BCUT2D eigenvalue weighted by atomic mass is 16.3. The van der Waals surface area contributed by atoms with Crippen molar-refractivity contribution in [2.45, 2.75) is 46.5 Å². The van der Waals surface area contributed by atoms with Crippen LogP contribution in [0.1, 0.15) is 56.7 Å².